The highest BCUT2D eigenvalue weighted by molar-refractivity contribution is 4.53. The number of aliphatic hydroxyl groups excluding tert-OH is 1. The predicted molar refractivity (Wildman–Crippen MR) is 30.2 cm³/mol. The van der Waals surface area contributed by atoms with Crippen LogP contribution < -0.4 is 5.32 Å². The first kappa shape index (κ1) is 6.92. The van der Waals surface area contributed by atoms with Crippen LogP contribution in [-0.2, 0) is 0 Å². The number of aliphatic hydroxyl groups is 1. The van der Waals surface area contributed by atoms with Gasteiger partial charge in [0.15, 0.2) is 0 Å². The summed E-state index contributed by atoms with van der Waals surface area (Å²) in [6, 6.07) is 0.255. The van der Waals surface area contributed by atoms with Gasteiger partial charge in [-0.3, -0.25) is 0 Å². The summed E-state index contributed by atoms with van der Waals surface area (Å²) in [7, 11) is 0. The molecule has 0 saturated carbocycles. The summed E-state index contributed by atoms with van der Waals surface area (Å²) in [5.74, 6) is 0. The topological polar surface area (TPSA) is 32.3 Å². The zero-order chi connectivity index (χ0) is 5.70. The van der Waals surface area contributed by atoms with Crippen LogP contribution in [0.5, 0.6) is 0 Å². The summed E-state index contributed by atoms with van der Waals surface area (Å²) < 4.78 is 0. The second-order valence-electron chi connectivity index (χ2n) is 1.64. The fourth-order valence-electron chi connectivity index (χ4n) is 0.413. The second-order valence-corrected chi connectivity index (χ2v) is 1.64. The van der Waals surface area contributed by atoms with Crippen molar-refractivity contribution in [2.75, 3.05) is 13.2 Å². The lowest BCUT2D eigenvalue weighted by Crippen LogP contribution is -2.28. The van der Waals surface area contributed by atoms with Gasteiger partial charge in [-0.25, -0.2) is 0 Å². The SMILES string of the molecule is CCN[C@H](C)CO. The highest BCUT2D eigenvalue weighted by Crippen LogP contribution is 1.73. The average Bonchev–Trinajstić information content (AvgIpc) is 1.68. The molecule has 0 aliphatic carbocycles. The fourth-order valence-corrected chi connectivity index (χ4v) is 0.413. The molecule has 0 amide bonds. The van der Waals surface area contributed by atoms with Gasteiger partial charge in [0.25, 0.3) is 0 Å². The fraction of sp³-hybridized carbons (Fsp3) is 1.00. The molecular formula is C5H13NO. The maximum absolute atomic E-state index is 8.40. The molecule has 0 heterocycles. The monoisotopic (exact) mass is 103 g/mol. The number of hydrogen-bond acceptors (Lipinski definition) is 2. The molecule has 0 spiro atoms. The quantitative estimate of drug-likeness (QED) is 0.526. The van der Waals surface area contributed by atoms with Gasteiger partial charge in [0, 0.05) is 6.04 Å². The smallest absolute Gasteiger partial charge is 0.0581 e. The Labute approximate surface area is 44.5 Å². The summed E-state index contributed by atoms with van der Waals surface area (Å²) in [6.45, 7) is 5.13. The van der Waals surface area contributed by atoms with E-state index in [4.69, 9.17) is 5.11 Å². The van der Waals surface area contributed by atoms with Crippen LogP contribution in [0.4, 0.5) is 0 Å². The normalized spacial score (nSPS) is 14.1. The molecule has 0 aliphatic heterocycles. The Morgan fingerprint density at radius 2 is 2.29 bits per heavy atom. The van der Waals surface area contributed by atoms with Crippen LogP contribution in [0.3, 0.4) is 0 Å². The van der Waals surface area contributed by atoms with Gasteiger partial charge in [-0.05, 0) is 13.5 Å². The Kier molecular flexibility index (Phi) is 4.04. The minimum atomic E-state index is 0.230. The van der Waals surface area contributed by atoms with E-state index in [9.17, 15) is 0 Å². The highest BCUT2D eigenvalue weighted by atomic mass is 16.3. The van der Waals surface area contributed by atoms with Gasteiger partial charge in [0.1, 0.15) is 0 Å². The molecule has 44 valence electrons. The molecule has 2 heteroatoms. The Morgan fingerprint density at radius 1 is 1.71 bits per heavy atom. The minimum Gasteiger partial charge on any atom is -0.395 e. The maximum Gasteiger partial charge on any atom is 0.0581 e. The highest BCUT2D eigenvalue weighted by Gasteiger charge is 1.91. The average molecular weight is 103 g/mol. The molecular weight excluding hydrogens is 90.1 g/mol. The standard InChI is InChI=1S/C5H13NO/c1-3-6-5(2)4-7/h5-7H,3-4H2,1-2H3/t5-/m1/s1. The van der Waals surface area contributed by atoms with Crippen LogP contribution >= 0.6 is 0 Å². The van der Waals surface area contributed by atoms with Crippen molar-refractivity contribution in [1.82, 2.24) is 5.32 Å². The van der Waals surface area contributed by atoms with Crippen molar-refractivity contribution in [3.8, 4) is 0 Å². The molecule has 0 unspecified atom stereocenters. The second kappa shape index (κ2) is 4.09. The van der Waals surface area contributed by atoms with Crippen molar-refractivity contribution < 1.29 is 5.11 Å². The van der Waals surface area contributed by atoms with Gasteiger partial charge >= 0.3 is 0 Å². The number of nitrogens with one attached hydrogen (secondary N) is 1. The van der Waals surface area contributed by atoms with Gasteiger partial charge in [-0.2, -0.15) is 0 Å². The van der Waals surface area contributed by atoms with Gasteiger partial charge in [0.05, 0.1) is 6.61 Å². The van der Waals surface area contributed by atoms with E-state index in [2.05, 4.69) is 5.32 Å². The zero-order valence-electron chi connectivity index (χ0n) is 4.94. The van der Waals surface area contributed by atoms with E-state index < -0.39 is 0 Å². The maximum atomic E-state index is 8.40. The van der Waals surface area contributed by atoms with Crippen LogP contribution in [0.2, 0.25) is 0 Å². The third-order valence-electron chi connectivity index (χ3n) is 0.826. The Balaban J connectivity index is 2.83. The molecule has 0 rings (SSSR count). The first-order valence-electron chi connectivity index (χ1n) is 2.65. The van der Waals surface area contributed by atoms with Gasteiger partial charge in [0.2, 0.25) is 0 Å². The third kappa shape index (κ3) is 3.76. The van der Waals surface area contributed by atoms with Crippen LogP contribution in [-0.4, -0.2) is 24.3 Å². The molecule has 7 heavy (non-hydrogen) atoms. The van der Waals surface area contributed by atoms with E-state index in [1.807, 2.05) is 13.8 Å². The molecule has 0 bridgehead atoms. The lowest BCUT2D eigenvalue weighted by atomic mass is 10.4. The van der Waals surface area contributed by atoms with Gasteiger partial charge < -0.3 is 10.4 Å². The number of likely N-dealkylation sites (N-methyl/N-ethyl adjacent to an activating group) is 1. The van der Waals surface area contributed by atoms with Crippen molar-refractivity contribution in [2.45, 2.75) is 19.9 Å². The largest absolute Gasteiger partial charge is 0.395 e. The van der Waals surface area contributed by atoms with Crippen LogP contribution in [0.25, 0.3) is 0 Å². The van der Waals surface area contributed by atoms with Crippen LogP contribution in [0.1, 0.15) is 13.8 Å². The van der Waals surface area contributed by atoms with Crippen LogP contribution in [0, 0.1) is 0 Å². The Bertz CT molecular complexity index is 39.1. The van der Waals surface area contributed by atoms with E-state index in [-0.39, 0.29) is 12.6 Å². The summed E-state index contributed by atoms with van der Waals surface area (Å²) in [5, 5.41) is 11.4. The summed E-state index contributed by atoms with van der Waals surface area (Å²) in [6.07, 6.45) is 0. The number of hydrogen-bond donors (Lipinski definition) is 2. The number of rotatable bonds is 3. The first-order chi connectivity index (χ1) is 3.31. The molecule has 0 aliphatic rings. The lowest BCUT2D eigenvalue weighted by molar-refractivity contribution is 0.253. The van der Waals surface area contributed by atoms with E-state index in [1.54, 1.807) is 0 Å². The van der Waals surface area contributed by atoms with Crippen molar-refractivity contribution in [3.63, 3.8) is 0 Å². The predicted octanol–water partition coefficient (Wildman–Crippen LogP) is -0.0233. The molecule has 0 aromatic rings. The van der Waals surface area contributed by atoms with Gasteiger partial charge in [-0.15, -0.1) is 0 Å². The molecule has 0 aromatic heterocycles. The molecule has 0 fully saturated rings. The van der Waals surface area contributed by atoms with E-state index in [1.165, 1.54) is 0 Å². The van der Waals surface area contributed by atoms with Crippen LogP contribution in [0.15, 0.2) is 0 Å². The van der Waals surface area contributed by atoms with Gasteiger partial charge in [-0.1, -0.05) is 6.92 Å². The van der Waals surface area contributed by atoms with Crippen molar-refractivity contribution in [2.24, 2.45) is 0 Å². The van der Waals surface area contributed by atoms with Crippen molar-refractivity contribution in [3.05, 3.63) is 0 Å². The molecule has 2 nitrogen and oxygen atoms in total. The lowest BCUT2D eigenvalue weighted by Gasteiger charge is -2.05. The molecule has 0 aromatic carbocycles. The zero-order valence-corrected chi connectivity index (χ0v) is 4.94. The first-order valence-corrected chi connectivity index (χ1v) is 2.65. The molecule has 1 atom stereocenters. The summed E-state index contributed by atoms with van der Waals surface area (Å²) in [5.41, 5.74) is 0. The molecule has 2 N–H and O–H groups in total. The third-order valence-corrected chi connectivity index (χ3v) is 0.826. The van der Waals surface area contributed by atoms with E-state index in [0.717, 1.165) is 6.54 Å². The van der Waals surface area contributed by atoms with E-state index in [0.29, 0.717) is 0 Å². The summed E-state index contributed by atoms with van der Waals surface area (Å²) in [4.78, 5) is 0. The van der Waals surface area contributed by atoms with Crippen molar-refractivity contribution >= 4 is 0 Å². The summed E-state index contributed by atoms with van der Waals surface area (Å²) >= 11 is 0. The van der Waals surface area contributed by atoms with E-state index >= 15 is 0 Å². The molecule has 0 radical (unpaired) electrons. The van der Waals surface area contributed by atoms with Crippen molar-refractivity contribution in [1.29, 1.82) is 0 Å². The Hall–Kier alpha value is -0.0800. The minimum absolute atomic E-state index is 0.230. The Morgan fingerprint density at radius 3 is 2.43 bits per heavy atom. The molecule has 0 saturated heterocycles.